The molecule has 0 spiro atoms. The second-order valence-electron chi connectivity index (χ2n) is 5.46. The van der Waals surface area contributed by atoms with Gasteiger partial charge < -0.3 is 14.4 Å². The van der Waals surface area contributed by atoms with Gasteiger partial charge in [0.1, 0.15) is 6.61 Å². The van der Waals surface area contributed by atoms with Gasteiger partial charge in [-0.1, -0.05) is 17.7 Å². The highest BCUT2D eigenvalue weighted by molar-refractivity contribution is 6.01. The Bertz CT molecular complexity index is 522. The SMILES string of the molecule is COCCOC(=NC(=O)c1cccc(C)c1)N1CCCCC1. The smallest absolute Gasteiger partial charge is 0.295 e. The van der Waals surface area contributed by atoms with Crippen LogP contribution in [0.2, 0.25) is 0 Å². The lowest BCUT2D eigenvalue weighted by Crippen LogP contribution is -2.38. The minimum absolute atomic E-state index is 0.262. The van der Waals surface area contributed by atoms with Gasteiger partial charge in [0, 0.05) is 25.8 Å². The summed E-state index contributed by atoms with van der Waals surface area (Å²) in [6.07, 6.45) is 3.42. The number of piperidine rings is 1. The van der Waals surface area contributed by atoms with Crippen molar-refractivity contribution in [1.29, 1.82) is 0 Å². The topological polar surface area (TPSA) is 51.1 Å². The Kier molecular flexibility index (Phi) is 6.40. The van der Waals surface area contributed by atoms with Crippen LogP contribution < -0.4 is 0 Å². The molecule has 0 radical (unpaired) electrons. The third-order valence-electron chi connectivity index (χ3n) is 3.61. The first-order valence-corrected chi connectivity index (χ1v) is 7.77. The molecule has 22 heavy (non-hydrogen) atoms. The van der Waals surface area contributed by atoms with E-state index in [0.717, 1.165) is 31.5 Å². The van der Waals surface area contributed by atoms with Crippen molar-refractivity contribution in [2.75, 3.05) is 33.4 Å². The van der Waals surface area contributed by atoms with E-state index >= 15 is 0 Å². The van der Waals surface area contributed by atoms with Crippen LogP contribution in [-0.2, 0) is 9.47 Å². The summed E-state index contributed by atoms with van der Waals surface area (Å²) >= 11 is 0. The number of rotatable bonds is 4. The molecular formula is C17H24N2O3. The molecule has 0 N–H and O–H groups in total. The van der Waals surface area contributed by atoms with Crippen molar-refractivity contribution in [1.82, 2.24) is 4.90 Å². The van der Waals surface area contributed by atoms with Crippen LogP contribution in [0.5, 0.6) is 0 Å². The second kappa shape index (κ2) is 8.54. The van der Waals surface area contributed by atoms with Crippen molar-refractivity contribution in [3.05, 3.63) is 35.4 Å². The van der Waals surface area contributed by atoms with E-state index in [9.17, 15) is 4.79 Å². The van der Waals surface area contributed by atoms with Gasteiger partial charge in [-0.25, -0.2) is 0 Å². The summed E-state index contributed by atoms with van der Waals surface area (Å²) in [7, 11) is 1.62. The molecule has 1 aliphatic heterocycles. The van der Waals surface area contributed by atoms with Gasteiger partial charge in [0.05, 0.1) is 6.61 Å². The lowest BCUT2D eigenvalue weighted by molar-refractivity contribution is 0.0978. The summed E-state index contributed by atoms with van der Waals surface area (Å²) in [5.74, 6) is -0.262. The van der Waals surface area contributed by atoms with E-state index in [4.69, 9.17) is 9.47 Å². The number of likely N-dealkylation sites (tertiary alicyclic amines) is 1. The average Bonchev–Trinajstić information content (AvgIpc) is 2.55. The number of amidine groups is 1. The molecule has 1 aliphatic rings. The molecule has 0 aliphatic carbocycles. The molecule has 1 aromatic carbocycles. The van der Waals surface area contributed by atoms with Crippen molar-refractivity contribution in [2.24, 2.45) is 4.99 Å². The zero-order chi connectivity index (χ0) is 15.8. The number of hydrogen-bond donors (Lipinski definition) is 0. The van der Waals surface area contributed by atoms with Crippen molar-refractivity contribution in [3.63, 3.8) is 0 Å². The summed E-state index contributed by atoms with van der Waals surface area (Å²) < 4.78 is 10.7. The summed E-state index contributed by atoms with van der Waals surface area (Å²) in [6, 6.07) is 7.87. The fourth-order valence-electron chi connectivity index (χ4n) is 2.43. The number of nitrogens with zero attached hydrogens (tertiary/aromatic N) is 2. The van der Waals surface area contributed by atoms with Crippen LogP contribution in [0.25, 0.3) is 0 Å². The van der Waals surface area contributed by atoms with Gasteiger partial charge in [-0.05, 0) is 38.3 Å². The number of benzene rings is 1. The maximum absolute atomic E-state index is 12.4. The van der Waals surface area contributed by atoms with Crippen LogP contribution >= 0.6 is 0 Å². The lowest BCUT2D eigenvalue weighted by atomic mass is 10.1. The first kappa shape index (κ1) is 16.5. The average molecular weight is 304 g/mol. The number of ether oxygens (including phenoxy) is 2. The molecule has 0 saturated carbocycles. The number of carbonyl (C=O) groups excluding carboxylic acids is 1. The monoisotopic (exact) mass is 304 g/mol. The maximum atomic E-state index is 12.4. The molecule has 0 bridgehead atoms. The first-order chi connectivity index (χ1) is 10.7. The van der Waals surface area contributed by atoms with Crippen molar-refractivity contribution < 1.29 is 14.3 Å². The molecular weight excluding hydrogens is 280 g/mol. The molecule has 120 valence electrons. The molecule has 1 fully saturated rings. The Hall–Kier alpha value is -1.88. The minimum atomic E-state index is -0.262. The fourth-order valence-corrected chi connectivity index (χ4v) is 2.43. The Balaban J connectivity index is 2.12. The number of amides is 1. The van der Waals surface area contributed by atoms with E-state index in [1.165, 1.54) is 6.42 Å². The van der Waals surface area contributed by atoms with Gasteiger partial charge in [0.15, 0.2) is 0 Å². The highest BCUT2D eigenvalue weighted by atomic mass is 16.5. The van der Waals surface area contributed by atoms with Gasteiger partial charge in [-0.2, -0.15) is 4.99 Å². The van der Waals surface area contributed by atoms with Gasteiger partial charge in [-0.3, -0.25) is 4.79 Å². The van der Waals surface area contributed by atoms with Gasteiger partial charge in [0.25, 0.3) is 11.9 Å². The predicted molar refractivity (Wildman–Crippen MR) is 86.2 cm³/mol. The van der Waals surface area contributed by atoms with Crippen LogP contribution in [0.3, 0.4) is 0 Å². The quantitative estimate of drug-likeness (QED) is 0.487. The van der Waals surface area contributed by atoms with E-state index in [2.05, 4.69) is 4.99 Å². The van der Waals surface area contributed by atoms with E-state index < -0.39 is 0 Å². The summed E-state index contributed by atoms with van der Waals surface area (Å²) in [6.45, 7) is 4.60. The van der Waals surface area contributed by atoms with Gasteiger partial charge in [0.2, 0.25) is 0 Å². The normalized spacial score (nSPS) is 15.7. The number of methoxy groups -OCH3 is 1. The van der Waals surface area contributed by atoms with Crippen LogP contribution in [0.15, 0.2) is 29.3 Å². The molecule has 0 unspecified atom stereocenters. The molecule has 5 heteroatoms. The Morgan fingerprint density at radius 2 is 2.00 bits per heavy atom. The molecule has 2 rings (SSSR count). The van der Waals surface area contributed by atoms with Crippen molar-refractivity contribution in [3.8, 4) is 0 Å². The third kappa shape index (κ3) is 4.84. The summed E-state index contributed by atoms with van der Waals surface area (Å²) in [4.78, 5) is 18.6. The van der Waals surface area contributed by atoms with Gasteiger partial charge >= 0.3 is 0 Å². The molecule has 0 aromatic heterocycles. The number of hydrogen-bond acceptors (Lipinski definition) is 3. The zero-order valence-corrected chi connectivity index (χ0v) is 13.4. The van der Waals surface area contributed by atoms with Crippen LogP contribution in [0, 0.1) is 6.92 Å². The van der Waals surface area contributed by atoms with Crippen LogP contribution in [0.4, 0.5) is 0 Å². The second-order valence-corrected chi connectivity index (χ2v) is 5.46. The van der Waals surface area contributed by atoms with Crippen LogP contribution in [0.1, 0.15) is 35.2 Å². The molecule has 1 amide bonds. The fraction of sp³-hybridized carbons (Fsp3) is 0.529. The van der Waals surface area contributed by atoms with Gasteiger partial charge in [-0.15, -0.1) is 0 Å². The van der Waals surface area contributed by atoms with Crippen LogP contribution in [-0.4, -0.2) is 50.2 Å². The number of aryl methyl sites for hydroxylation is 1. The molecule has 0 atom stereocenters. The van der Waals surface area contributed by atoms with Crippen molar-refractivity contribution in [2.45, 2.75) is 26.2 Å². The standard InChI is InChI=1S/C17H24N2O3/c1-14-7-6-8-15(13-14)16(20)18-17(22-12-11-21-2)19-9-4-3-5-10-19/h6-8,13H,3-5,9-12H2,1-2H3. The van der Waals surface area contributed by atoms with E-state index in [0.29, 0.717) is 24.8 Å². The van der Waals surface area contributed by atoms with E-state index in [1.54, 1.807) is 13.2 Å². The molecule has 1 heterocycles. The maximum Gasteiger partial charge on any atom is 0.295 e. The zero-order valence-electron chi connectivity index (χ0n) is 13.4. The lowest BCUT2D eigenvalue weighted by Gasteiger charge is -2.28. The first-order valence-electron chi connectivity index (χ1n) is 7.77. The number of carbonyl (C=O) groups is 1. The molecule has 1 saturated heterocycles. The summed E-state index contributed by atoms with van der Waals surface area (Å²) in [5, 5.41) is 0. The highest BCUT2D eigenvalue weighted by Gasteiger charge is 2.18. The summed E-state index contributed by atoms with van der Waals surface area (Å²) in [5.41, 5.74) is 1.63. The largest absolute Gasteiger partial charge is 0.462 e. The third-order valence-corrected chi connectivity index (χ3v) is 3.61. The Morgan fingerprint density at radius 1 is 1.23 bits per heavy atom. The number of aliphatic imine (C=N–C) groups is 1. The Labute approximate surface area is 131 Å². The Morgan fingerprint density at radius 3 is 2.68 bits per heavy atom. The minimum Gasteiger partial charge on any atom is -0.462 e. The molecule has 5 nitrogen and oxygen atoms in total. The van der Waals surface area contributed by atoms with E-state index in [-0.39, 0.29) is 5.91 Å². The molecule has 1 aromatic rings. The predicted octanol–water partition coefficient (Wildman–Crippen LogP) is 2.64. The van der Waals surface area contributed by atoms with E-state index in [1.807, 2.05) is 30.0 Å². The van der Waals surface area contributed by atoms with Crippen molar-refractivity contribution >= 4 is 11.9 Å². The highest BCUT2D eigenvalue weighted by Crippen LogP contribution is 2.12.